The van der Waals surface area contributed by atoms with Crippen LogP contribution in [0.4, 0.5) is 5.69 Å². The fourth-order valence-electron chi connectivity index (χ4n) is 2.61. The lowest BCUT2D eigenvalue weighted by Crippen LogP contribution is -2.12. The number of allylic oxidation sites excluding steroid dienone is 1. The molecule has 3 aromatic carbocycles. The number of anilines is 1. The van der Waals surface area contributed by atoms with Crippen molar-refractivity contribution < 1.29 is 9.59 Å². The molecule has 0 aliphatic carbocycles. The Labute approximate surface area is 173 Å². The molecule has 0 saturated carbocycles. The van der Waals surface area contributed by atoms with Crippen LogP contribution in [0.2, 0.25) is 10.0 Å². The molecule has 3 aromatic rings. The summed E-state index contributed by atoms with van der Waals surface area (Å²) in [5, 5.41) is 3.84. The van der Waals surface area contributed by atoms with Gasteiger partial charge in [0.25, 0.3) is 5.91 Å². The van der Waals surface area contributed by atoms with Gasteiger partial charge in [-0.25, -0.2) is 0 Å². The zero-order valence-corrected chi connectivity index (χ0v) is 16.6. The van der Waals surface area contributed by atoms with Gasteiger partial charge in [-0.3, -0.25) is 9.59 Å². The van der Waals surface area contributed by atoms with E-state index in [1.54, 1.807) is 54.6 Å². The summed E-state index contributed by atoms with van der Waals surface area (Å²) in [5.41, 5.74) is 3.44. The molecule has 0 heterocycles. The molecule has 5 heteroatoms. The van der Waals surface area contributed by atoms with Gasteiger partial charge in [0.2, 0.25) is 0 Å². The minimum absolute atomic E-state index is 0.164. The molecular weight excluding hydrogens is 393 g/mol. The van der Waals surface area contributed by atoms with Crippen molar-refractivity contribution in [3.05, 3.63) is 105 Å². The maximum atomic E-state index is 12.3. The molecule has 0 radical (unpaired) electrons. The van der Waals surface area contributed by atoms with Crippen molar-refractivity contribution >= 4 is 46.7 Å². The minimum atomic E-state index is -0.194. The van der Waals surface area contributed by atoms with E-state index in [4.69, 9.17) is 23.2 Å². The number of hydrogen-bond donors (Lipinski definition) is 1. The third kappa shape index (κ3) is 5.10. The molecule has 0 spiro atoms. The Balaban J connectivity index is 1.67. The number of ketones is 1. The van der Waals surface area contributed by atoms with Crippen LogP contribution in [0.3, 0.4) is 0 Å². The highest BCUT2D eigenvalue weighted by atomic mass is 35.5. The van der Waals surface area contributed by atoms with Gasteiger partial charge in [0.1, 0.15) is 0 Å². The van der Waals surface area contributed by atoms with Gasteiger partial charge < -0.3 is 5.32 Å². The number of carbonyl (C=O) groups is 2. The first-order valence-corrected chi connectivity index (χ1v) is 9.33. The highest BCUT2D eigenvalue weighted by molar-refractivity contribution is 6.35. The summed E-state index contributed by atoms with van der Waals surface area (Å²) in [7, 11) is 0. The minimum Gasteiger partial charge on any atom is -0.322 e. The topological polar surface area (TPSA) is 46.2 Å². The second kappa shape index (κ2) is 8.87. The fraction of sp³-hybridized carbons (Fsp3) is 0.0435. The molecule has 1 N–H and O–H groups in total. The van der Waals surface area contributed by atoms with E-state index in [-0.39, 0.29) is 11.7 Å². The lowest BCUT2D eigenvalue weighted by atomic mass is 10.1. The molecule has 0 aliphatic heterocycles. The van der Waals surface area contributed by atoms with E-state index in [0.717, 1.165) is 5.56 Å². The number of carbonyl (C=O) groups excluding carboxylic acids is 2. The van der Waals surface area contributed by atoms with Crippen LogP contribution in [-0.2, 0) is 0 Å². The van der Waals surface area contributed by atoms with Crippen LogP contribution in [0.15, 0.2) is 72.8 Å². The quantitative estimate of drug-likeness (QED) is 0.388. The van der Waals surface area contributed by atoms with Crippen LogP contribution in [0.25, 0.3) is 6.08 Å². The molecule has 0 unspecified atom stereocenters. The predicted octanol–water partition coefficient (Wildman–Crippen LogP) is 6.45. The molecule has 3 nitrogen and oxygen atoms in total. The summed E-state index contributed by atoms with van der Waals surface area (Å²) in [6, 6.07) is 19.2. The zero-order chi connectivity index (χ0) is 20.1. The van der Waals surface area contributed by atoms with Crippen molar-refractivity contribution in [2.24, 2.45) is 0 Å². The number of nitrogens with one attached hydrogen (secondary N) is 1. The molecule has 3 rings (SSSR count). The third-order valence-corrected chi connectivity index (χ3v) is 4.65. The van der Waals surface area contributed by atoms with Crippen molar-refractivity contribution in [3.63, 3.8) is 0 Å². The van der Waals surface area contributed by atoms with E-state index in [9.17, 15) is 9.59 Å². The molecule has 0 aromatic heterocycles. The number of benzene rings is 3. The van der Waals surface area contributed by atoms with E-state index >= 15 is 0 Å². The first-order chi connectivity index (χ1) is 13.4. The van der Waals surface area contributed by atoms with Gasteiger partial charge >= 0.3 is 0 Å². The Hall–Kier alpha value is -2.88. The first-order valence-electron chi connectivity index (χ1n) is 8.58. The first kappa shape index (κ1) is 19.9. The van der Waals surface area contributed by atoms with Gasteiger partial charge in [0, 0.05) is 26.9 Å². The van der Waals surface area contributed by atoms with Crippen molar-refractivity contribution in [1.29, 1.82) is 0 Å². The Morgan fingerprint density at radius 3 is 2.32 bits per heavy atom. The molecule has 0 aliphatic rings. The Bertz CT molecular complexity index is 1060. The average Bonchev–Trinajstić information content (AvgIpc) is 2.67. The van der Waals surface area contributed by atoms with Crippen molar-refractivity contribution in [2.75, 3.05) is 5.32 Å². The molecule has 0 atom stereocenters. The van der Waals surface area contributed by atoms with Crippen molar-refractivity contribution in [3.8, 4) is 0 Å². The predicted molar refractivity (Wildman–Crippen MR) is 115 cm³/mol. The van der Waals surface area contributed by atoms with Crippen molar-refractivity contribution in [1.82, 2.24) is 0 Å². The monoisotopic (exact) mass is 409 g/mol. The zero-order valence-electron chi connectivity index (χ0n) is 15.1. The number of aryl methyl sites for hydroxylation is 1. The number of rotatable bonds is 5. The van der Waals surface area contributed by atoms with Crippen LogP contribution in [0, 0.1) is 6.92 Å². The molecular formula is C23H17Cl2NO2. The summed E-state index contributed by atoms with van der Waals surface area (Å²) in [5.74, 6) is -0.359. The van der Waals surface area contributed by atoms with Crippen molar-refractivity contribution in [2.45, 2.75) is 6.92 Å². The maximum absolute atomic E-state index is 12.3. The third-order valence-electron chi connectivity index (χ3n) is 4.08. The van der Waals surface area contributed by atoms with Gasteiger partial charge in [-0.1, -0.05) is 47.0 Å². The lowest BCUT2D eigenvalue weighted by molar-refractivity contribution is 0.102. The largest absolute Gasteiger partial charge is 0.322 e. The van der Waals surface area contributed by atoms with Gasteiger partial charge in [-0.15, -0.1) is 0 Å². The summed E-state index contributed by atoms with van der Waals surface area (Å²) >= 11 is 12.0. The number of halogens is 2. The summed E-state index contributed by atoms with van der Waals surface area (Å²) in [6.07, 6.45) is 3.10. The molecule has 0 bridgehead atoms. The molecule has 0 saturated heterocycles. The Kier molecular flexibility index (Phi) is 6.30. The highest BCUT2D eigenvalue weighted by Gasteiger charge is 2.07. The van der Waals surface area contributed by atoms with Crippen LogP contribution >= 0.6 is 23.2 Å². The van der Waals surface area contributed by atoms with Gasteiger partial charge in [-0.05, 0) is 73.2 Å². The molecule has 0 fully saturated rings. The molecule has 1 amide bonds. The van der Waals surface area contributed by atoms with Gasteiger partial charge in [0.05, 0.1) is 0 Å². The fourth-order valence-corrected chi connectivity index (χ4v) is 3.08. The second-order valence-electron chi connectivity index (χ2n) is 6.26. The van der Waals surface area contributed by atoms with Crippen LogP contribution in [0.5, 0.6) is 0 Å². The van der Waals surface area contributed by atoms with E-state index in [1.807, 2.05) is 25.1 Å². The van der Waals surface area contributed by atoms with E-state index in [2.05, 4.69) is 5.32 Å². The Morgan fingerprint density at radius 1 is 0.893 bits per heavy atom. The van der Waals surface area contributed by atoms with Crippen LogP contribution in [0.1, 0.15) is 31.8 Å². The van der Waals surface area contributed by atoms with Crippen LogP contribution < -0.4 is 5.32 Å². The maximum Gasteiger partial charge on any atom is 0.255 e. The van der Waals surface area contributed by atoms with Crippen LogP contribution in [-0.4, -0.2) is 11.7 Å². The van der Waals surface area contributed by atoms with E-state index < -0.39 is 0 Å². The average molecular weight is 410 g/mol. The second-order valence-corrected chi connectivity index (χ2v) is 7.11. The smallest absolute Gasteiger partial charge is 0.255 e. The Morgan fingerprint density at radius 2 is 1.64 bits per heavy atom. The molecule has 28 heavy (non-hydrogen) atoms. The standard InChI is InChI=1S/C23H17Cl2NO2/c1-15-3-2-4-18(13-15)23(28)26-20-10-6-17(7-11-20)22(27)12-8-16-5-9-19(24)14-21(16)25/h2-14H,1H3,(H,26,28). The highest BCUT2D eigenvalue weighted by Crippen LogP contribution is 2.22. The van der Waals surface area contributed by atoms with Gasteiger partial charge in [-0.2, -0.15) is 0 Å². The normalized spacial score (nSPS) is 10.8. The number of hydrogen-bond acceptors (Lipinski definition) is 2. The SMILES string of the molecule is Cc1cccc(C(=O)Nc2ccc(C(=O)C=Cc3ccc(Cl)cc3Cl)cc2)c1. The lowest BCUT2D eigenvalue weighted by Gasteiger charge is -2.06. The summed E-state index contributed by atoms with van der Waals surface area (Å²) in [6.45, 7) is 1.93. The van der Waals surface area contributed by atoms with E-state index in [1.165, 1.54) is 6.08 Å². The van der Waals surface area contributed by atoms with E-state index in [0.29, 0.717) is 32.4 Å². The van der Waals surface area contributed by atoms with Gasteiger partial charge in [0.15, 0.2) is 5.78 Å². The molecule has 140 valence electrons. The number of amides is 1. The summed E-state index contributed by atoms with van der Waals surface area (Å²) in [4.78, 5) is 24.6. The summed E-state index contributed by atoms with van der Waals surface area (Å²) < 4.78 is 0.